The maximum absolute atomic E-state index is 14.0. The Labute approximate surface area is 130 Å². The summed E-state index contributed by atoms with van der Waals surface area (Å²) in [5, 5.41) is 0.579. The van der Waals surface area contributed by atoms with Gasteiger partial charge in [0, 0.05) is 5.39 Å². The minimum Gasteiger partial charge on any atom is -0.248 e. The van der Waals surface area contributed by atoms with Gasteiger partial charge in [-0.3, -0.25) is 0 Å². The van der Waals surface area contributed by atoms with Gasteiger partial charge in [-0.15, -0.1) is 0 Å². The van der Waals surface area contributed by atoms with Gasteiger partial charge in [0.25, 0.3) is 0 Å². The van der Waals surface area contributed by atoms with Crippen molar-refractivity contribution in [2.75, 3.05) is 0 Å². The fourth-order valence-electron chi connectivity index (χ4n) is 2.31. The number of halogens is 7. The fourth-order valence-corrected chi connectivity index (χ4v) is 2.31. The first-order valence-corrected chi connectivity index (χ1v) is 6.51. The summed E-state index contributed by atoms with van der Waals surface area (Å²) in [6.45, 7) is 0. The molecule has 3 aromatic rings. The van der Waals surface area contributed by atoms with Gasteiger partial charge in [0.05, 0.1) is 16.8 Å². The zero-order valence-corrected chi connectivity index (χ0v) is 11.6. The number of hydrogen-bond donors (Lipinski definition) is 0. The van der Waals surface area contributed by atoms with E-state index >= 15 is 0 Å². The number of pyridine rings is 1. The molecule has 2 aromatic carbocycles. The summed E-state index contributed by atoms with van der Waals surface area (Å²) in [5.74, 6) is -9.31. The number of hydrogen-bond acceptors (Lipinski definition) is 1. The van der Waals surface area contributed by atoms with Crippen molar-refractivity contribution in [1.29, 1.82) is 0 Å². The van der Waals surface area contributed by atoms with Crippen LogP contribution in [0, 0.1) is 23.3 Å². The number of alkyl halides is 3. The van der Waals surface area contributed by atoms with E-state index in [1.165, 1.54) is 12.1 Å². The number of rotatable bonds is 1. The van der Waals surface area contributed by atoms with E-state index in [9.17, 15) is 30.7 Å². The second-order valence-corrected chi connectivity index (χ2v) is 4.89. The summed E-state index contributed by atoms with van der Waals surface area (Å²) in [6, 6.07) is 8.79. The van der Waals surface area contributed by atoms with Crippen molar-refractivity contribution >= 4 is 10.9 Å². The minimum absolute atomic E-state index is 0.259. The highest BCUT2D eigenvalue weighted by Gasteiger charge is 2.42. The van der Waals surface area contributed by atoms with Crippen molar-refractivity contribution < 1.29 is 30.7 Å². The van der Waals surface area contributed by atoms with E-state index in [0.29, 0.717) is 5.39 Å². The van der Waals surface area contributed by atoms with Crippen LogP contribution >= 0.6 is 0 Å². The molecular weight excluding hydrogens is 339 g/mol. The van der Waals surface area contributed by atoms with Gasteiger partial charge in [-0.05, 0) is 12.1 Å². The third-order valence-electron chi connectivity index (χ3n) is 3.40. The lowest BCUT2D eigenvalue weighted by atomic mass is 10.0. The molecule has 0 spiro atoms. The Balaban J connectivity index is 2.31. The summed E-state index contributed by atoms with van der Waals surface area (Å²) in [4.78, 5) is 3.85. The molecule has 1 heterocycles. The highest BCUT2D eigenvalue weighted by Crippen LogP contribution is 2.39. The zero-order valence-electron chi connectivity index (χ0n) is 11.6. The molecule has 0 fully saturated rings. The van der Waals surface area contributed by atoms with E-state index in [4.69, 9.17) is 0 Å². The molecule has 0 saturated heterocycles. The number of nitrogens with zero attached hydrogens (tertiary/aromatic N) is 1. The predicted molar refractivity (Wildman–Crippen MR) is 72.0 cm³/mol. The molecule has 0 unspecified atom stereocenters. The molecule has 24 heavy (non-hydrogen) atoms. The Hall–Kier alpha value is -2.64. The van der Waals surface area contributed by atoms with Crippen molar-refractivity contribution in [2.45, 2.75) is 6.18 Å². The van der Waals surface area contributed by atoms with Gasteiger partial charge >= 0.3 is 6.18 Å². The highest BCUT2D eigenvalue weighted by atomic mass is 19.4. The van der Waals surface area contributed by atoms with Gasteiger partial charge in [-0.25, -0.2) is 22.5 Å². The van der Waals surface area contributed by atoms with Crippen molar-refractivity contribution in [3.63, 3.8) is 0 Å². The van der Waals surface area contributed by atoms with Crippen LogP contribution in [0.4, 0.5) is 30.7 Å². The molecule has 0 amide bonds. The molecule has 3 rings (SSSR count). The van der Waals surface area contributed by atoms with Gasteiger partial charge in [0.15, 0.2) is 23.3 Å². The molecule has 0 radical (unpaired) electrons. The van der Waals surface area contributed by atoms with Gasteiger partial charge in [-0.1, -0.05) is 24.3 Å². The first-order valence-electron chi connectivity index (χ1n) is 6.51. The van der Waals surface area contributed by atoms with Crippen LogP contribution in [0.2, 0.25) is 0 Å². The van der Waals surface area contributed by atoms with Crippen LogP contribution in [0.15, 0.2) is 36.4 Å². The average Bonchev–Trinajstić information content (AvgIpc) is 2.52. The van der Waals surface area contributed by atoms with E-state index in [1.807, 2.05) is 0 Å². The molecule has 0 saturated carbocycles. The van der Waals surface area contributed by atoms with E-state index in [2.05, 4.69) is 4.98 Å². The predicted octanol–water partition coefficient (Wildman–Crippen LogP) is 5.48. The van der Waals surface area contributed by atoms with Gasteiger partial charge in [-0.2, -0.15) is 13.2 Å². The van der Waals surface area contributed by atoms with Crippen LogP contribution in [-0.4, -0.2) is 4.98 Å². The second kappa shape index (κ2) is 5.47. The Bertz CT molecular complexity index is 918. The molecule has 0 N–H and O–H groups in total. The maximum atomic E-state index is 14.0. The van der Waals surface area contributed by atoms with Crippen molar-refractivity contribution in [3.8, 4) is 11.3 Å². The smallest absolute Gasteiger partial charge is 0.248 e. The summed E-state index contributed by atoms with van der Waals surface area (Å²) in [5.41, 5.74) is -4.16. The number of benzene rings is 2. The fraction of sp³-hybridized carbons (Fsp3) is 0.0625. The molecular formula is C16H6F7N. The SMILES string of the molecule is Fc1c(F)c(C(F)(F)F)c(F)c(F)c1-c1ccc2ccccc2n1. The first kappa shape index (κ1) is 16.2. The Kier molecular flexibility index (Phi) is 3.70. The molecule has 0 aliphatic rings. The van der Waals surface area contributed by atoms with E-state index in [0.717, 1.165) is 6.07 Å². The van der Waals surface area contributed by atoms with Crippen molar-refractivity contribution in [1.82, 2.24) is 4.98 Å². The third-order valence-corrected chi connectivity index (χ3v) is 3.40. The Morgan fingerprint density at radius 2 is 1.29 bits per heavy atom. The topological polar surface area (TPSA) is 12.9 Å². The number of para-hydroxylation sites is 1. The van der Waals surface area contributed by atoms with Crippen molar-refractivity contribution in [3.05, 3.63) is 65.2 Å². The maximum Gasteiger partial charge on any atom is 0.422 e. The molecule has 0 aliphatic heterocycles. The largest absolute Gasteiger partial charge is 0.422 e. The van der Waals surface area contributed by atoms with E-state index in [-0.39, 0.29) is 5.52 Å². The van der Waals surface area contributed by atoms with Crippen LogP contribution in [0.25, 0.3) is 22.2 Å². The summed E-state index contributed by atoms with van der Waals surface area (Å²) < 4.78 is 93.1. The van der Waals surface area contributed by atoms with Crippen LogP contribution in [0.3, 0.4) is 0 Å². The lowest BCUT2D eigenvalue weighted by Gasteiger charge is -2.14. The monoisotopic (exact) mass is 345 g/mol. The highest BCUT2D eigenvalue weighted by molar-refractivity contribution is 5.81. The Morgan fingerprint density at radius 3 is 1.88 bits per heavy atom. The molecule has 0 aliphatic carbocycles. The van der Waals surface area contributed by atoms with E-state index in [1.54, 1.807) is 18.2 Å². The van der Waals surface area contributed by atoms with Crippen LogP contribution in [0.5, 0.6) is 0 Å². The molecule has 8 heteroatoms. The average molecular weight is 345 g/mol. The summed E-state index contributed by atoms with van der Waals surface area (Å²) >= 11 is 0. The quantitative estimate of drug-likeness (QED) is 0.421. The number of aromatic nitrogens is 1. The van der Waals surface area contributed by atoms with Crippen LogP contribution < -0.4 is 0 Å². The Morgan fingerprint density at radius 1 is 0.708 bits per heavy atom. The minimum atomic E-state index is -5.58. The second-order valence-electron chi connectivity index (χ2n) is 4.89. The summed E-state index contributed by atoms with van der Waals surface area (Å²) in [7, 11) is 0. The lowest BCUT2D eigenvalue weighted by Crippen LogP contribution is -2.16. The molecule has 0 bridgehead atoms. The molecule has 0 atom stereocenters. The van der Waals surface area contributed by atoms with Gasteiger partial charge < -0.3 is 0 Å². The molecule has 124 valence electrons. The lowest BCUT2D eigenvalue weighted by molar-refractivity contribution is -0.143. The van der Waals surface area contributed by atoms with Gasteiger partial charge in [0.2, 0.25) is 0 Å². The zero-order chi connectivity index (χ0) is 17.6. The number of fused-ring (bicyclic) bond motifs is 1. The van der Waals surface area contributed by atoms with Crippen molar-refractivity contribution in [2.24, 2.45) is 0 Å². The van der Waals surface area contributed by atoms with Gasteiger partial charge in [0.1, 0.15) is 5.56 Å². The molecule has 1 nitrogen and oxygen atoms in total. The summed E-state index contributed by atoms with van der Waals surface area (Å²) in [6.07, 6.45) is -5.58. The molecule has 1 aromatic heterocycles. The normalized spacial score (nSPS) is 12.0. The third kappa shape index (κ3) is 2.47. The standard InChI is InChI=1S/C16H6F7N/c17-12-10(9-6-5-7-3-1-2-4-8(7)24-9)13(18)15(20)11(14(12)19)16(21,22)23/h1-6H. The first-order chi connectivity index (χ1) is 11.2. The van der Waals surface area contributed by atoms with Crippen LogP contribution in [-0.2, 0) is 6.18 Å². The van der Waals surface area contributed by atoms with E-state index < -0.39 is 46.3 Å². The van der Waals surface area contributed by atoms with Crippen LogP contribution in [0.1, 0.15) is 5.56 Å².